The van der Waals surface area contributed by atoms with E-state index >= 15 is 0 Å². The molecule has 158 valence electrons. The molecule has 1 N–H and O–H groups in total. The average molecular weight is 435 g/mol. The van der Waals surface area contributed by atoms with Crippen LogP contribution in [0.4, 0.5) is 11.4 Å². The van der Waals surface area contributed by atoms with Gasteiger partial charge in [-0.05, 0) is 60.7 Å². The number of anilines is 2. The minimum absolute atomic E-state index is 0.238. The largest absolute Gasteiger partial charge is 0.497 e. The maximum absolute atomic E-state index is 13.6. The number of thiophene rings is 1. The summed E-state index contributed by atoms with van der Waals surface area (Å²) in [5, 5.41) is 5.09. The number of nitrogens with zero attached hydrogens (tertiary/aromatic N) is 1. The highest BCUT2D eigenvalue weighted by molar-refractivity contribution is 7.11. The van der Waals surface area contributed by atoms with Crippen LogP contribution in [0.1, 0.15) is 16.0 Å². The van der Waals surface area contributed by atoms with Crippen LogP contribution in [0.2, 0.25) is 0 Å². The summed E-state index contributed by atoms with van der Waals surface area (Å²) in [4.78, 5) is 28.9. The number of carbonyl (C=O) groups excluding carboxylic acids is 2. The van der Waals surface area contributed by atoms with Crippen molar-refractivity contribution in [1.29, 1.82) is 0 Å². The van der Waals surface area contributed by atoms with Crippen molar-refractivity contribution in [3.8, 4) is 11.5 Å². The Morgan fingerprint density at radius 3 is 2.26 bits per heavy atom. The van der Waals surface area contributed by atoms with Crippen LogP contribution in [-0.2, 0) is 9.59 Å². The minimum Gasteiger partial charge on any atom is -0.497 e. The first kappa shape index (κ1) is 20.7. The molecule has 0 unspecified atom stereocenters. The molecule has 0 saturated heterocycles. The molecule has 0 bridgehead atoms. The molecular weight excluding hydrogens is 412 g/mol. The summed E-state index contributed by atoms with van der Waals surface area (Å²) in [6, 6.07) is 14.6. The average Bonchev–Trinajstić information content (AvgIpc) is 3.34. The van der Waals surface area contributed by atoms with Crippen molar-refractivity contribution in [1.82, 2.24) is 0 Å². The van der Waals surface area contributed by atoms with Crippen LogP contribution in [0.25, 0.3) is 5.57 Å². The van der Waals surface area contributed by atoms with Gasteiger partial charge in [-0.3, -0.25) is 9.59 Å². The van der Waals surface area contributed by atoms with Gasteiger partial charge in [0.2, 0.25) is 0 Å². The van der Waals surface area contributed by atoms with Crippen LogP contribution in [0.5, 0.6) is 11.5 Å². The first-order valence-electron chi connectivity index (χ1n) is 9.67. The van der Waals surface area contributed by atoms with Crippen LogP contribution in [-0.4, -0.2) is 26.0 Å². The summed E-state index contributed by atoms with van der Waals surface area (Å²) in [6.45, 7) is 3.98. The quantitative estimate of drug-likeness (QED) is 0.566. The number of rotatable bonds is 6. The van der Waals surface area contributed by atoms with E-state index in [1.807, 2.05) is 43.5 Å². The van der Waals surface area contributed by atoms with Crippen molar-refractivity contribution in [2.24, 2.45) is 0 Å². The third kappa shape index (κ3) is 3.80. The first-order chi connectivity index (χ1) is 14.9. The molecule has 7 heteroatoms. The van der Waals surface area contributed by atoms with Gasteiger partial charge in [-0.15, -0.1) is 11.3 Å². The fraction of sp³-hybridized carbons (Fsp3) is 0.167. The summed E-state index contributed by atoms with van der Waals surface area (Å²) >= 11 is 1.41. The maximum atomic E-state index is 13.6. The Morgan fingerprint density at radius 2 is 1.65 bits per heavy atom. The number of hydrogen-bond donors (Lipinski definition) is 1. The number of carbonyl (C=O) groups is 2. The monoisotopic (exact) mass is 434 g/mol. The fourth-order valence-corrected chi connectivity index (χ4v) is 4.44. The van der Waals surface area contributed by atoms with Crippen molar-refractivity contribution in [2.45, 2.75) is 13.8 Å². The summed E-state index contributed by atoms with van der Waals surface area (Å²) in [6.07, 6.45) is 0. The zero-order valence-electron chi connectivity index (χ0n) is 17.7. The minimum atomic E-state index is -0.445. The van der Waals surface area contributed by atoms with E-state index in [1.165, 1.54) is 25.6 Å². The molecule has 2 aromatic carbocycles. The number of aryl methyl sites for hydroxylation is 2. The van der Waals surface area contributed by atoms with Gasteiger partial charge in [-0.2, -0.15) is 0 Å². The van der Waals surface area contributed by atoms with E-state index in [2.05, 4.69) is 11.4 Å². The smallest absolute Gasteiger partial charge is 0.282 e. The van der Waals surface area contributed by atoms with Gasteiger partial charge in [-0.1, -0.05) is 12.1 Å². The molecule has 0 saturated carbocycles. The number of ether oxygens (including phenoxy) is 2. The fourth-order valence-electron chi connectivity index (χ4n) is 3.68. The SMILES string of the molecule is COc1ccc(OC)c(N2C(=O)C(Nc3cc(C)cc(C)c3)=C(c3cccs3)C2=O)c1. The van der Waals surface area contributed by atoms with E-state index < -0.39 is 11.8 Å². The van der Waals surface area contributed by atoms with Crippen molar-refractivity contribution in [2.75, 3.05) is 24.4 Å². The van der Waals surface area contributed by atoms with E-state index in [4.69, 9.17) is 9.47 Å². The number of methoxy groups -OCH3 is 2. The Balaban J connectivity index is 1.84. The Morgan fingerprint density at radius 1 is 0.903 bits per heavy atom. The lowest BCUT2D eigenvalue weighted by atomic mass is 10.1. The molecule has 6 nitrogen and oxygen atoms in total. The van der Waals surface area contributed by atoms with Gasteiger partial charge in [0, 0.05) is 16.6 Å². The number of benzene rings is 2. The van der Waals surface area contributed by atoms with Crippen LogP contribution in [0, 0.1) is 13.8 Å². The van der Waals surface area contributed by atoms with Crippen molar-refractivity contribution >= 4 is 40.1 Å². The Labute approximate surface area is 184 Å². The predicted molar refractivity (Wildman–Crippen MR) is 123 cm³/mol. The molecule has 4 rings (SSSR count). The molecule has 2 heterocycles. The van der Waals surface area contributed by atoms with E-state index in [1.54, 1.807) is 18.2 Å². The first-order valence-corrected chi connectivity index (χ1v) is 10.5. The third-order valence-electron chi connectivity index (χ3n) is 4.97. The Bertz CT molecular complexity index is 1180. The van der Waals surface area contributed by atoms with Gasteiger partial charge in [0.15, 0.2) is 0 Å². The highest BCUT2D eigenvalue weighted by atomic mass is 32.1. The lowest BCUT2D eigenvalue weighted by Gasteiger charge is -2.19. The van der Waals surface area contributed by atoms with Crippen molar-refractivity contribution < 1.29 is 19.1 Å². The molecule has 0 atom stereocenters. The second-order valence-electron chi connectivity index (χ2n) is 7.21. The molecule has 0 aliphatic carbocycles. The number of imide groups is 1. The highest BCUT2D eigenvalue weighted by Crippen LogP contribution is 2.40. The molecule has 1 aliphatic heterocycles. The second-order valence-corrected chi connectivity index (χ2v) is 8.16. The normalized spacial score (nSPS) is 13.7. The van der Waals surface area contributed by atoms with E-state index in [-0.39, 0.29) is 5.70 Å². The Hall–Kier alpha value is -3.58. The lowest BCUT2D eigenvalue weighted by molar-refractivity contribution is -0.120. The standard InChI is InChI=1S/C24H22N2O4S/c1-14-10-15(2)12-16(11-14)25-22-21(20-6-5-9-31-20)23(27)26(24(22)28)18-13-17(29-3)7-8-19(18)30-4/h5-13,25H,1-4H3. The molecule has 3 aromatic rings. The van der Waals surface area contributed by atoms with Gasteiger partial charge in [-0.25, -0.2) is 4.90 Å². The van der Waals surface area contributed by atoms with E-state index in [0.717, 1.165) is 26.6 Å². The summed E-state index contributed by atoms with van der Waals surface area (Å²) in [5.41, 5.74) is 3.78. The molecule has 0 radical (unpaired) electrons. The van der Waals surface area contributed by atoms with Crippen LogP contribution in [0.3, 0.4) is 0 Å². The predicted octanol–water partition coefficient (Wildman–Crippen LogP) is 4.78. The van der Waals surface area contributed by atoms with Gasteiger partial charge in [0.1, 0.15) is 17.2 Å². The summed E-state index contributed by atoms with van der Waals surface area (Å²) in [7, 11) is 3.03. The highest BCUT2D eigenvalue weighted by Gasteiger charge is 2.42. The molecule has 1 aromatic heterocycles. The van der Waals surface area contributed by atoms with Gasteiger partial charge < -0.3 is 14.8 Å². The summed E-state index contributed by atoms with van der Waals surface area (Å²) < 4.78 is 10.7. The van der Waals surface area contributed by atoms with Crippen LogP contribution in [0.15, 0.2) is 59.6 Å². The van der Waals surface area contributed by atoms with Crippen molar-refractivity contribution in [3.05, 3.63) is 75.6 Å². The van der Waals surface area contributed by atoms with Crippen LogP contribution >= 0.6 is 11.3 Å². The topological polar surface area (TPSA) is 67.9 Å². The second kappa shape index (κ2) is 8.28. The number of nitrogens with one attached hydrogen (secondary N) is 1. The van der Waals surface area contributed by atoms with Gasteiger partial charge in [0.05, 0.1) is 25.5 Å². The molecule has 0 spiro atoms. The molecule has 2 amide bonds. The Kier molecular flexibility index (Phi) is 5.52. The molecule has 31 heavy (non-hydrogen) atoms. The van der Waals surface area contributed by atoms with Gasteiger partial charge in [0.25, 0.3) is 11.8 Å². The number of amides is 2. The molecule has 1 aliphatic rings. The van der Waals surface area contributed by atoms with Crippen LogP contribution < -0.4 is 19.7 Å². The molecular formula is C24H22N2O4S. The molecule has 0 fully saturated rings. The zero-order valence-corrected chi connectivity index (χ0v) is 18.5. The van der Waals surface area contributed by atoms with Gasteiger partial charge >= 0.3 is 0 Å². The lowest BCUT2D eigenvalue weighted by Crippen LogP contribution is -2.32. The zero-order chi connectivity index (χ0) is 22.1. The van der Waals surface area contributed by atoms with E-state index in [0.29, 0.717) is 22.8 Å². The maximum Gasteiger partial charge on any atom is 0.282 e. The van der Waals surface area contributed by atoms with E-state index in [9.17, 15) is 9.59 Å². The number of hydrogen-bond acceptors (Lipinski definition) is 6. The third-order valence-corrected chi connectivity index (χ3v) is 5.86. The summed E-state index contributed by atoms with van der Waals surface area (Å²) in [5.74, 6) is 0.0652. The van der Waals surface area contributed by atoms with Crippen molar-refractivity contribution in [3.63, 3.8) is 0 Å².